The zero-order valence-electron chi connectivity index (χ0n) is 23.1. The zero-order chi connectivity index (χ0) is 29.4. The number of carbonyl (C=O) groups is 2. The summed E-state index contributed by atoms with van der Waals surface area (Å²) in [5.74, 6) is -0.939. The van der Waals surface area contributed by atoms with Crippen LogP contribution in [0.3, 0.4) is 0 Å². The van der Waals surface area contributed by atoms with Crippen LogP contribution < -0.4 is 9.62 Å². The third-order valence-electron chi connectivity index (χ3n) is 6.81. The fourth-order valence-corrected chi connectivity index (χ4v) is 6.18. The van der Waals surface area contributed by atoms with Crippen molar-refractivity contribution in [1.82, 2.24) is 10.2 Å². The number of para-hydroxylation sites is 1. The van der Waals surface area contributed by atoms with Gasteiger partial charge in [0.05, 0.1) is 10.6 Å². The molecular formula is C30H35Cl2N3O4S. The third kappa shape index (κ3) is 7.36. The molecule has 0 aliphatic rings. The lowest BCUT2D eigenvalue weighted by molar-refractivity contribution is -0.139. The average molecular weight is 605 g/mol. The van der Waals surface area contributed by atoms with Gasteiger partial charge in [-0.15, -0.1) is 0 Å². The lowest BCUT2D eigenvalue weighted by Crippen LogP contribution is -2.52. The molecule has 2 unspecified atom stereocenters. The summed E-state index contributed by atoms with van der Waals surface area (Å²) in [6, 6.07) is 19.0. The van der Waals surface area contributed by atoms with Crippen molar-refractivity contribution in [2.24, 2.45) is 0 Å². The smallest absolute Gasteiger partial charge is 0.264 e. The van der Waals surface area contributed by atoms with E-state index in [4.69, 9.17) is 23.2 Å². The SMILES string of the molecule is CCc1ccccc1N(CC(=O)N(Cc1c(Cl)cccc1Cl)C(C)C(=O)NC(C)CC)S(=O)(=O)c1ccccc1. The molecule has 0 aliphatic carbocycles. The van der Waals surface area contributed by atoms with E-state index >= 15 is 0 Å². The van der Waals surface area contributed by atoms with Gasteiger partial charge < -0.3 is 10.2 Å². The van der Waals surface area contributed by atoms with Crippen LogP contribution in [0.25, 0.3) is 0 Å². The van der Waals surface area contributed by atoms with Crippen molar-refractivity contribution in [2.75, 3.05) is 10.8 Å². The Balaban J connectivity index is 2.09. The van der Waals surface area contributed by atoms with Crippen molar-refractivity contribution in [3.8, 4) is 0 Å². The molecule has 0 spiro atoms. The minimum Gasteiger partial charge on any atom is -0.352 e. The lowest BCUT2D eigenvalue weighted by Gasteiger charge is -2.33. The molecule has 214 valence electrons. The van der Waals surface area contributed by atoms with Gasteiger partial charge in [-0.1, -0.05) is 79.5 Å². The molecular weight excluding hydrogens is 569 g/mol. The molecule has 0 radical (unpaired) electrons. The molecule has 40 heavy (non-hydrogen) atoms. The van der Waals surface area contributed by atoms with Crippen molar-refractivity contribution in [2.45, 2.75) is 64.1 Å². The molecule has 0 bridgehead atoms. The van der Waals surface area contributed by atoms with Crippen LogP contribution in [0.2, 0.25) is 10.0 Å². The van der Waals surface area contributed by atoms with Crippen molar-refractivity contribution >= 4 is 50.7 Å². The normalized spacial score (nSPS) is 12.8. The van der Waals surface area contributed by atoms with Crippen LogP contribution in [0.15, 0.2) is 77.7 Å². The third-order valence-corrected chi connectivity index (χ3v) is 9.29. The number of hydrogen-bond donors (Lipinski definition) is 1. The predicted molar refractivity (Wildman–Crippen MR) is 161 cm³/mol. The number of halogens is 2. The summed E-state index contributed by atoms with van der Waals surface area (Å²) < 4.78 is 29.0. The molecule has 1 N–H and O–H groups in total. The second-order valence-corrected chi connectivity index (χ2v) is 12.2. The number of amides is 2. The largest absolute Gasteiger partial charge is 0.352 e. The Morgan fingerprint density at radius 2 is 1.48 bits per heavy atom. The van der Waals surface area contributed by atoms with Gasteiger partial charge in [-0.05, 0) is 62.6 Å². The second-order valence-electron chi connectivity index (χ2n) is 9.52. The summed E-state index contributed by atoms with van der Waals surface area (Å²) >= 11 is 12.9. The standard InChI is InChI=1S/C30H35Cl2N3O4S/c1-5-21(3)33-30(37)22(4)34(19-25-26(31)16-12-17-27(25)32)29(36)20-35(28-18-11-10-13-23(28)6-2)40(38,39)24-14-8-7-9-15-24/h7-18,21-22H,5-6,19-20H2,1-4H3,(H,33,37). The maximum Gasteiger partial charge on any atom is 0.264 e. The first-order valence-corrected chi connectivity index (χ1v) is 15.4. The minimum atomic E-state index is -4.14. The average Bonchev–Trinajstić information content (AvgIpc) is 2.95. The van der Waals surface area contributed by atoms with Gasteiger partial charge in [-0.2, -0.15) is 0 Å². The highest BCUT2D eigenvalue weighted by atomic mass is 35.5. The molecule has 2 atom stereocenters. The van der Waals surface area contributed by atoms with E-state index in [1.807, 2.05) is 32.9 Å². The van der Waals surface area contributed by atoms with Crippen LogP contribution in [0, 0.1) is 0 Å². The van der Waals surface area contributed by atoms with Crippen LogP contribution >= 0.6 is 23.2 Å². The van der Waals surface area contributed by atoms with E-state index < -0.39 is 28.5 Å². The first kappa shape index (κ1) is 31.5. The van der Waals surface area contributed by atoms with Gasteiger partial charge >= 0.3 is 0 Å². The Kier molecular flexibility index (Phi) is 11.0. The van der Waals surface area contributed by atoms with E-state index in [0.29, 0.717) is 34.1 Å². The topological polar surface area (TPSA) is 86.8 Å². The minimum absolute atomic E-state index is 0.0527. The van der Waals surface area contributed by atoms with Gasteiger partial charge in [0.25, 0.3) is 10.0 Å². The fraction of sp³-hybridized carbons (Fsp3) is 0.333. The van der Waals surface area contributed by atoms with E-state index in [0.717, 1.165) is 9.87 Å². The molecule has 0 aromatic heterocycles. The molecule has 0 fully saturated rings. The number of hydrogen-bond acceptors (Lipinski definition) is 4. The van der Waals surface area contributed by atoms with Crippen molar-refractivity contribution in [1.29, 1.82) is 0 Å². The van der Waals surface area contributed by atoms with Gasteiger partial charge in [0.15, 0.2) is 0 Å². The maximum absolute atomic E-state index is 14.1. The molecule has 2 amide bonds. The van der Waals surface area contributed by atoms with Crippen molar-refractivity contribution in [3.05, 3.63) is 94.0 Å². The van der Waals surface area contributed by atoms with Crippen LogP contribution in [0.1, 0.15) is 45.2 Å². The molecule has 3 aromatic rings. The molecule has 0 heterocycles. The maximum atomic E-state index is 14.1. The molecule has 3 rings (SSSR count). The Morgan fingerprint density at radius 3 is 2.08 bits per heavy atom. The molecule has 3 aromatic carbocycles. The number of aryl methyl sites for hydroxylation is 1. The summed E-state index contributed by atoms with van der Waals surface area (Å²) in [4.78, 5) is 28.7. The number of sulfonamides is 1. The molecule has 0 aliphatic heterocycles. The second kappa shape index (κ2) is 14.0. The van der Waals surface area contributed by atoms with Crippen molar-refractivity contribution < 1.29 is 18.0 Å². The first-order valence-electron chi connectivity index (χ1n) is 13.2. The zero-order valence-corrected chi connectivity index (χ0v) is 25.4. The number of nitrogens with one attached hydrogen (secondary N) is 1. The van der Waals surface area contributed by atoms with Crippen LogP contribution in [0.5, 0.6) is 0 Å². The van der Waals surface area contributed by atoms with E-state index in [-0.39, 0.29) is 23.4 Å². The molecule has 7 nitrogen and oxygen atoms in total. The highest BCUT2D eigenvalue weighted by molar-refractivity contribution is 7.92. The predicted octanol–water partition coefficient (Wildman–Crippen LogP) is 6.08. The summed E-state index contributed by atoms with van der Waals surface area (Å²) in [5.41, 5.74) is 1.63. The van der Waals surface area contributed by atoms with Crippen LogP contribution in [-0.4, -0.2) is 43.8 Å². The van der Waals surface area contributed by atoms with Gasteiger partial charge in [0.2, 0.25) is 11.8 Å². The summed E-state index contributed by atoms with van der Waals surface area (Å²) in [6.07, 6.45) is 1.26. The Morgan fingerprint density at radius 1 is 0.875 bits per heavy atom. The van der Waals surface area contributed by atoms with Crippen LogP contribution in [0.4, 0.5) is 5.69 Å². The van der Waals surface area contributed by atoms with Gasteiger partial charge in [0, 0.05) is 28.2 Å². The number of anilines is 1. The summed E-state index contributed by atoms with van der Waals surface area (Å²) in [5, 5.41) is 3.58. The Bertz CT molecular complexity index is 1410. The quantitative estimate of drug-likeness (QED) is 0.272. The van der Waals surface area contributed by atoms with E-state index in [1.165, 1.54) is 17.0 Å². The summed E-state index contributed by atoms with van der Waals surface area (Å²) in [6.45, 7) is 6.73. The fourth-order valence-electron chi connectivity index (χ4n) is 4.19. The van der Waals surface area contributed by atoms with E-state index in [1.54, 1.807) is 55.5 Å². The summed E-state index contributed by atoms with van der Waals surface area (Å²) in [7, 11) is -4.14. The molecule has 0 saturated carbocycles. The number of nitrogens with zero attached hydrogens (tertiary/aromatic N) is 2. The van der Waals surface area contributed by atoms with Crippen molar-refractivity contribution in [3.63, 3.8) is 0 Å². The molecule has 0 saturated heterocycles. The van der Waals surface area contributed by atoms with Gasteiger partial charge in [0.1, 0.15) is 12.6 Å². The Labute approximate surface area is 247 Å². The van der Waals surface area contributed by atoms with E-state index in [2.05, 4.69) is 5.32 Å². The number of carbonyl (C=O) groups excluding carboxylic acids is 2. The lowest BCUT2D eigenvalue weighted by atomic mass is 10.1. The molecule has 10 heteroatoms. The monoisotopic (exact) mass is 603 g/mol. The highest BCUT2D eigenvalue weighted by Gasteiger charge is 2.34. The first-order chi connectivity index (χ1) is 19.0. The van der Waals surface area contributed by atoms with Crippen LogP contribution in [-0.2, 0) is 32.6 Å². The van der Waals surface area contributed by atoms with Gasteiger partial charge in [-0.25, -0.2) is 8.42 Å². The van der Waals surface area contributed by atoms with E-state index in [9.17, 15) is 18.0 Å². The van der Waals surface area contributed by atoms with Gasteiger partial charge in [-0.3, -0.25) is 13.9 Å². The number of rotatable bonds is 12. The Hall–Kier alpha value is -3.07. The number of benzene rings is 3. The highest BCUT2D eigenvalue weighted by Crippen LogP contribution is 2.30.